The molecule has 0 aliphatic rings. The summed E-state index contributed by atoms with van der Waals surface area (Å²) in [5.74, 6) is -2.15. The van der Waals surface area contributed by atoms with E-state index in [9.17, 15) is 9.59 Å². The van der Waals surface area contributed by atoms with Gasteiger partial charge in [-0.25, -0.2) is 0 Å². The zero-order valence-electron chi connectivity index (χ0n) is 4.53. The standard InChI is InChI=1S/C4H6O4.2Al.FH.6H/c5-3(6)1-2-4(7)8;;;;;;;;;/h1-2H2,(H,5,6)(H,7,8);;;1H;;;;;;. The van der Waals surface area contributed by atoms with Crippen LogP contribution in [0.2, 0.25) is 0 Å². The van der Waals surface area contributed by atoms with E-state index < -0.39 is 11.9 Å². The minimum atomic E-state index is -1.08. The molecule has 7 heteroatoms. The normalized spacial score (nSPS) is 6.18. The van der Waals surface area contributed by atoms with E-state index in [1.54, 1.807) is 0 Å². The lowest BCUT2D eigenvalue weighted by molar-refractivity contribution is -0.143. The van der Waals surface area contributed by atoms with Crippen molar-refractivity contribution >= 4 is 46.7 Å². The van der Waals surface area contributed by atoms with Crippen LogP contribution >= 0.6 is 0 Å². The number of rotatable bonds is 3. The Morgan fingerprint density at radius 3 is 1.18 bits per heavy atom. The monoisotopic (exact) mass is 198 g/mol. The van der Waals surface area contributed by atoms with Gasteiger partial charge in [0.15, 0.2) is 34.7 Å². The highest BCUT2D eigenvalue weighted by molar-refractivity contribution is 5.76. The fourth-order valence-corrected chi connectivity index (χ4v) is 0.214. The molecule has 0 saturated heterocycles. The van der Waals surface area contributed by atoms with Gasteiger partial charge in [-0.1, -0.05) is 0 Å². The largest absolute Gasteiger partial charge is 0.481 e. The number of halogens is 1. The fraction of sp³-hybridized carbons (Fsp3) is 0.500. The van der Waals surface area contributed by atoms with Gasteiger partial charge in [0.25, 0.3) is 0 Å². The summed E-state index contributed by atoms with van der Waals surface area (Å²) in [4.78, 5) is 19.3. The molecule has 0 aromatic heterocycles. The van der Waals surface area contributed by atoms with Gasteiger partial charge in [-0.2, -0.15) is 0 Å². The summed E-state index contributed by atoms with van der Waals surface area (Å²) < 4.78 is 0. The van der Waals surface area contributed by atoms with Crippen molar-refractivity contribution in [1.29, 1.82) is 0 Å². The van der Waals surface area contributed by atoms with E-state index in [1.807, 2.05) is 0 Å². The van der Waals surface area contributed by atoms with E-state index in [0.29, 0.717) is 0 Å². The lowest BCUT2D eigenvalue weighted by Crippen LogP contribution is -2.00. The summed E-state index contributed by atoms with van der Waals surface area (Å²) in [5.41, 5.74) is 0. The Morgan fingerprint density at radius 1 is 0.909 bits per heavy atom. The summed E-state index contributed by atoms with van der Waals surface area (Å²) in [7, 11) is 0. The van der Waals surface area contributed by atoms with Crippen LogP contribution in [-0.4, -0.2) is 56.9 Å². The first-order valence-corrected chi connectivity index (χ1v) is 2.06. The Morgan fingerprint density at radius 2 is 1.09 bits per heavy atom. The second-order valence-corrected chi connectivity index (χ2v) is 1.29. The highest BCUT2D eigenvalue weighted by Gasteiger charge is 2.00. The maximum Gasteiger partial charge on any atom is 0.303 e. The van der Waals surface area contributed by atoms with E-state index in [4.69, 9.17) is 10.2 Å². The molecule has 0 aliphatic carbocycles. The Bertz CT molecular complexity index is 105. The summed E-state index contributed by atoms with van der Waals surface area (Å²) >= 11 is 0. The zero-order chi connectivity index (χ0) is 6.57. The van der Waals surface area contributed by atoms with Crippen molar-refractivity contribution in [2.75, 3.05) is 0 Å². The lowest BCUT2D eigenvalue weighted by atomic mass is 10.3. The van der Waals surface area contributed by atoms with Crippen LogP contribution in [0.15, 0.2) is 0 Å². The third kappa shape index (κ3) is 25.7. The first-order valence-electron chi connectivity index (χ1n) is 2.06. The molecule has 0 spiro atoms. The van der Waals surface area contributed by atoms with Crippen molar-refractivity contribution in [3.05, 3.63) is 0 Å². The lowest BCUT2D eigenvalue weighted by Gasteiger charge is -1.85. The van der Waals surface area contributed by atoms with E-state index in [1.165, 1.54) is 0 Å². The molecule has 0 unspecified atom stereocenters. The molecular formula is C4H13Al2FO4. The quantitative estimate of drug-likeness (QED) is 0.501. The maximum absolute atomic E-state index is 9.64. The van der Waals surface area contributed by atoms with Gasteiger partial charge in [-0.05, 0) is 0 Å². The average molecular weight is 198 g/mol. The predicted octanol–water partition coefficient (Wildman–Crippen LogP) is -2.28. The molecular weight excluding hydrogens is 185 g/mol. The van der Waals surface area contributed by atoms with Crippen LogP contribution in [0.3, 0.4) is 0 Å². The number of hydrogen-bond donors (Lipinski definition) is 2. The first-order chi connectivity index (χ1) is 3.63. The zero-order valence-corrected chi connectivity index (χ0v) is 4.53. The minimum Gasteiger partial charge on any atom is -0.481 e. The molecule has 66 valence electrons. The first kappa shape index (κ1) is 22.4. The second-order valence-electron chi connectivity index (χ2n) is 1.29. The van der Waals surface area contributed by atoms with E-state index in [2.05, 4.69) is 0 Å². The maximum atomic E-state index is 9.64. The van der Waals surface area contributed by atoms with Crippen LogP contribution in [0.5, 0.6) is 0 Å². The number of carbonyl (C=O) groups is 2. The highest BCUT2D eigenvalue weighted by atomic mass is 27.0. The van der Waals surface area contributed by atoms with Gasteiger partial charge in [0.05, 0.1) is 12.8 Å². The van der Waals surface area contributed by atoms with Crippen molar-refractivity contribution in [3.63, 3.8) is 0 Å². The van der Waals surface area contributed by atoms with Crippen molar-refractivity contribution in [2.45, 2.75) is 12.8 Å². The Balaban J connectivity index is -0.0000000817. The average Bonchev–Trinajstić information content (AvgIpc) is 1.61. The van der Waals surface area contributed by atoms with Crippen molar-refractivity contribution in [1.82, 2.24) is 0 Å². The van der Waals surface area contributed by atoms with Gasteiger partial charge in [0.2, 0.25) is 0 Å². The van der Waals surface area contributed by atoms with Crippen molar-refractivity contribution in [2.24, 2.45) is 0 Å². The topological polar surface area (TPSA) is 74.6 Å². The summed E-state index contributed by atoms with van der Waals surface area (Å²) in [5, 5.41) is 15.8. The van der Waals surface area contributed by atoms with Crippen LogP contribution in [-0.2, 0) is 9.59 Å². The molecule has 0 aliphatic heterocycles. The van der Waals surface area contributed by atoms with Gasteiger partial charge >= 0.3 is 11.9 Å². The number of hydrogen-bond acceptors (Lipinski definition) is 2. The molecule has 0 saturated carbocycles. The fourth-order valence-electron chi connectivity index (χ4n) is 0.214. The van der Waals surface area contributed by atoms with Gasteiger partial charge in [-0.15, -0.1) is 0 Å². The van der Waals surface area contributed by atoms with E-state index in [-0.39, 0.29) is 52.3 Å². The molecule has 11 heavy (non-hydrogen) atoms. The third-order valence-corrected chi connectivity index (χ3v) is 0.553. The Hall–Kier alpha value is -0.0651. The van der Waals surface area contributed by atoms with Crippen molar-refractivity contribution < 1.29 is 24.5 Å². The van der Waals surface area contributed by atoms with Crippen LogP contribution < -0.4 is 0 Å². The molecule has 2 N–H and O–H groups in total. The van der Waals surface area contributed by atoms with Gasteiger partial charge < -0.3 is 10.2 Å². The number of carboxylic acid groups (broad SMARTS) is 2. The predicted molar refractivity (Wildman–Crippen MR) is 46.9 cm³/mol. The van der Waals surface area contributed by atoms with Gasteiger partial charge in [-0.3, -0.25) is 14.3 Å². The van der Waals surface area contributed by atoms with E-state index in [0.717, 1.165) is 0 Å². The smallest absolute Gasteiger partial charge is 0.303 e. The van der Waals surface area contributed by atoms with E-state index >= 15 is 0 Å². The molecule has 0 aromatic rings. The molecule has 4 nitrogen and oxygen atoms in total. The number of aliphatic carboxylic acids is 2. The summed E-state index contributed by atoms with van der Waals surface area (Å²) in [6.45, 7) is 0. The van der Waals surface area contributed by atoms with Crippen LogP contribution in [0.4, 0.5) is 4.70 Å². The molecule has 0 aromatic carbocycles. The molecule has 0 bridgehead atoms. The second kappa shape index (κ2) is 12.6. The SMILES string of the molecule is F.O=C(O)CCC(=O)O.[AlH3].[AlH3]. The minimum absolute atomic E-state index is 0. The van der Waals surface area contributed by atoms with Gasteiger partial charge in [0.1, 0.15) is 0 Å². The molecule has 0 atom stereocenters. The third-order valence-electron chi connectivity index (χ3n) is 0.553. The molecule has 0 rings (SSSR count). The molecule has 0 radical (unpaired) electrons. The molecule has 0 heterocycles. The number of carboxylic acids is 2. The highest BCUT2D eigenvalue weighted by Crippen LogP contribution is 1.85. The Kier molecular flexibility index (Phi) is 25.7. The summed E-state index contributed by atoms with van der Waals surface area (Å²) in [6, 6.07) is 0. The van der Waals surface area contributed by atoms with Gasteiger partial charge in [0, 0.05) is 0 Å². The van der Waals surface area contributed by atoms with Crippen LogP contribution in [0.25, 0.3) is 0 Å². The summed E-state index contributed by atoms with van der Waals surface area (Å²) in [6.07, 6.45) is -0.593. The van der Waals surface area contributed by atoms with Crippen LogP contribution in [0.1, 0.15) is 12.8 Å². The van der Waals surface area contributed by atoms with Crippen molar-refractivity contribution in [3.8, 4) is 0 Å². The Labute approximate surface area is 84.2 Å². The molecule has 0 amide bonds. The molecule has 0 fully saturated rings. The van der Waals surface area contributed by atoms with Crippen LogP contribution in [0, 0.1) is 0 Å².